The zero-order valence-corrected chi connectivity index (χ0v) is 17.1. The first-order valence-corrected chi connectivity index (χ1v) is 10.4. The molecule has 150 valence electrons. The molecule has 0 fully saturated rings. The van der Waals surface area contributed by atoms with Gasteiger partial charge in [-0.05, 0) is 47.4 Å². The summed E-state index contributed by atoms with van der Waals surface area (Å²) in [7, 11) is 0. The van der Waals surface area contributed by atoms with Crippen LogP contribution in [0.3, 0.4) is 0 Å². The minimum Gasteiger partial charge on any atom is -0.456 e. The second-order valence-electron chi connectivity index (χ2n) is 7.70. The molecule has 4 nitrogen and oxygen atoms in total. The Morgan fingerprint density at radius 2 is 1.67 bits per heavy atom. The van der Waals surface area contributed by atoms with Crippen LogP contribution in [0.15, 0.2) is 77.2 Å². The molecule has 0 saturated heterocycles. The van der Waals surface area contributed by atoms with Gasteiger partial charge >= 0.3 is 0 Å². The van der Waals surface area contributed by atoms with E-state index in [1.54, 1.807) is 0 Å². The van der Waals surface area contributed by atoms with Crippen molar-refractivity contribution in [1.82, 2.24) is 4.90 Å². The quantitative estimate of drug-likeness (QED) is 0.502. The van der Waals surface area contributed by atoms with Crippen LogP contribution in [0.4, 0.5) is 0 Å². The lowest BCUT2D eigenvalue weighted by Crippen LogP contribution is -2.42. The Kier molecular flexibility index (Phi) is 4.81. The van der Waals surface area contributed by atoms with Gasteiger partial charge in [0.05, 0.1) is 11.1 Å². The standard InChI is InChI=1S/C25H21ClN2O2/c26-24-17(8-3-9-20(24)23-12-11-16-7-4-10-22(16)30-23)13-21(27)25(29)28-14-18-5-1-2-6-19(18)15-28/h1-12,21H,13-15,27H2. The van der Waals surface area contributed by atoms with Crippen molar-refractivity contribution in [1.29, 1.82) is 0 Å². The van der Waals surface area contributed by atoms with Crippen molar-refractivity contribution in [2.45, 2.75) is 25.6 Å². The molecule has 1 atom stereocenters. The van der Waals surface area contributed by atoms with Crippen LogP contribution in [0.1, 0.15) is 16.7 Å². The lowest BCUT2D eigenvalue weighted by Gasteiger charge is -2.21. The molecule has 0 spiro atoms. The fourth-order valence-corrected chi connectivity index (χ4v) is 4.38. The molecule has 2 aromatic rings. The van der Waals surface area contributed by atoms with Gasteiger partial charge in [-0.2, -0.15) is 0 Å². The number of amides is 1. The largest absolute Gasteiger partial charge is 0.456 e. The van der Waals surface area contributed by atoms with Crippen LogP contribution in [0.2, 0.25) is 5.02 Å². The molecule has 3 aliphatic rings. The van der Waals surface area contributed by atoms with Crippen LogP contribution in [-0.2, 0) is 24.3 Å². The molecular weight excluding hydrogens is 396 g/mol. The number of rotatable bonds is 4. The maximum Gasteiger partial charge on any atom is 0.240 e. The number of halogens is 1. The molecule has 2 aromatic carbocycles. The summed E-state index contributed by atoms with van der Waals surface area (Å²) >= 11 is 6.71. The van der Waals surface area contributed by atoms with Gasteiger partial charge in [0.25, 0.3) is 0 Å². The second kappa shape index (κ2) is 7.63. The van der Waals surface area contributed by atoms with Gasteiger partial charge in [-0.1, -0.05) is 60.1 Å². The number of carbonyl (C=O) groups excluding carboxylic acids is 1. The molecule has 5 rings (SSSR count). The van der Waals surface area contributed by atoms with E-state index in [0.29, 0.717) is 30.3 Å². The monoisotopic (exact) mass is 416 g/mol. The number of nitrogens with zero attached hydrogens (tertiary/aromatic N) is 1. The van der Waals surface area contributed by atoms with E-state index in [2.05, 4.69) is 12.1 Å². The molecule has 2 aliphatic heterocycles. The summed E-state index contributed by atoms with van der Waals surface area (Å²) in [4.78, 5) is 14.8. The molecule has 0 radical (unpaired) electrons. The summed E-state index contributed by atoms with van der Waals surface area (Å²) < 4.78 is 6.00. The zero-order chi connectivity index (χ0) is 20.7. The first kappa shape index (κ1) is 18.9. The Morgan fingerprint density at radius 3 is 2.43 bits per heavy atom. The number of carbonyl (C=O) groups is 1. The molecule has 2 N–H and O–H groups in total. The summed E-state index contributed by atoms with van der Waals surface area (Å²) in [6.07, 6.45) is 0.372. The third-order valence-electron chi connectivity index (χ3n) is 5.70. The molecule has 2 heterocycles. The fourth-order valence-electron chi connectivity index (χ4n) is 4.09. The average Bonchev–Trinajstić information content (AvgIpc) is 3.40. The van der Waals surface area contributed by atoms with E-state index in [4.69, 9.17) is 21.8 Å². The van der Waals surface area contributed by atoms with E-state index in [9.17, 15) is 4.79 Å². The Hall–Kier alpha value is -3.08. The highest BCUT2D eigenvalue weighted by Gasteiger charge is 2.27. The lowest BCUT2D eigenvalue weighted by molar-refractivity contribution is -0.133. The van der Waals surface area contributed by atoms with Gasteiger partial charge < -0.3 is 15.1 Å². The summed E-state index contributed by atoms with van der Waals surface area (Å²) in [6.45, 7) is 1.21. The van der Waals surface area contributed by atoms with Crippen LogP contribution in [-0.4, -0.2) is 16.8 Å². The van der Waals surface area contributed by atoms with Crippen molar-refractivity contribution >= 4 is 17.5 Å². The first-order chi connectivity index (χ1) is 14.6. The Morgan fingerprint density at radius 1 is 0.933 bits per heavy atom. The number of hydrogen-bond donors (Lipinski definition) is 1. The summed E-state index contributed by atoms with van der Waals surface area (Å²) in [5, 5.41) is 0.570. The number of benzene rings is 2. The van der Waals surface area contributed by atoms with Gasteiger partial charge in [0.1, 0.15) is 11.5 Å². The molecule has 0 aromatic heterocycles. The average molecular weight is 417 g/mol. The van der Waals surface area contributed by atoms with E-state index in [1.807, 2.05) is 65.6 Å². The van der Waals surface area contributed by atoms with Crippen molar-refractivity contribution in [3.8, 4) is 22.6 Å². The molecule has 1 unspecified atom stereocenters. The first-order valence-electron chi connectivity index (χ1n) is 9.97. The Labute approximate surface area is 180 Å². The number of nitrogens with two attached hydrogens (primary N) is 1. The fraction of sp³-hybridized carbons (Fsp3) is 0.160. The van der Waals surface area contributed by atoms with E-state index in [1.165, 1.54) is 11.1 Å². The lowest BCUT2D eigenvalue weighted by atomic mass is 10.0. The highest BCUT2D eigenvalue weighted by atomic mass is 35.5. The molecule has 0 saturated carbocycles. The second-order valence-corrected chi connectivity index (χ2v) is 8.08. The maximum absolute atomic E-state index is 12.9. The third-order valence-corrected chi connectivity index (χ3v) is 6.14. The minimum absolute atomic E-state index is 0.0597. The van der Waals surface area contributed by atoms with Crippen LogP contribution in [0.5, 0.6) is 0 Å². The van der Waals surface area contributed by atoms with E-state index >= 15 is 0 Å². The molecule has 5 heteroatoms. The van der Waals surface area contributed by atoms with Gasteiger partial charge in [0.15, 0.2) is 0 Å². The van der Waals surface area contributed by atoms with Crippen molar-refractivity contribution in [2.24, 2.45) is 5.73 Å². The maximum atomic E-state index is 12.9. The summed E-state index contributed by atoms with van der Waals surface area (Å²) in [5.41, 5.74) is 11.4. The van der Waals surface area contributed by atoms with Crippen molar-refractivity contribution in [3.05, 3.63) is 94.5 Å². The molecule has 1 amide bonds. The van der Waals surface area contributed by atoms with Gasteiger partial charge in [-0.15, -0.1) is 0 Å². The number of fused-ring (bicyclic) bond motifs is 2. The number of hydrogen-bond acceptors (Lipinski definition) is 3. The highest BCUT2D eigenvalue weighted by Crippen LogP contribution is 2.35. The van der Waals surface area contributed by atoms with Gasteiger partial charge in [-0.25, -0.2) is 0 Å². The Balaban J connectivity index is 1.36. The van der Waals surface area contributed by atoms with Gasteiger partial charge in [0.2, 0.25) is 5.91 Å². The van der Waals surface area contributed by atoms with E-state index < -0.39 is 6.04 Å². The minimum atomic E-state index is -0.651. The van der Waals surface area contributed by atoms with E-state index in [0.717, 1.165) is 22.5 Å². The highest BCUT2D eigenvalue weighted by molar-refractivity contribution is 6.34. The third kappa shape index (κ3) is 3.38. The van der Waals surface area contributed by atoms with Crippen molar-refractivity contribution in [3.63, 3.8) is 0 Å². The molecule has 0 bridgehead atoms. The van der Waals surface area contributed by atoms with Crippen LogP contribution < -0.4 is 5.73 Å². The van der Waals surface area contributed by atoms with Crippen LogP contribution in [0.25, 0.3) is 22.6 Å². The molecule has 30 heavy (non-hydrogen) atoms. The van der Waals surface area contributed by atoms with Crippen molar-refractivity contribution < 1.29 is 9.21 Å². The summed E-state index contributed by atoms with van der Waals surface area (Å²) in [5.74, 6) is 1.44. The SMILES string of the molecule is NC(Cc1cccc(-c2ccc3cccc-3o2)c1Cl)C(=O)N1Cc2ccccc2C1. The van der Waals surface area contributed by atoms with Crippen LogP contribution in [0, 0.1) is 0 Å². The van der Waals surface area contributed by atoms with Gasteiger partial charge in [0, 0.05) is 24.2 Å². The topological polar surface area (TPSA) is 59.5 Å². The summed E-state index contributed by atoms with van der Waals surface area (Å²) in [6, 6.07) is 23.0. The van der Waals surface area contributed by atoms with E-state index in [-0.39, 0.29) is 5.91 Å². The van der Waals surface area contributed by atoms with Crippen molar-refractivity contribution in [2.75, 3.05) is 0 Å². The Bertz CT molecular complexity index is 1170. The van der Waals surface area contributed by atoms with Crippen LogP contribution >= 0.6 is 11.6 Å². The predicted molar refractivity (Wildman–Crippen MR) is 118 cm³/mol. The smallest absolute Gasteiger partial charge is 0.240 e. The molecule has 1 aliphatic carbocycles. The predicted octanol–water partition coefficient (Wildman–Crippen LogP) is 5.12. The molecular formula is C25H21ClN2O2. The van der Waals surface area contributed by atoms with Gasteiger partial charge in [-0.3, -0.25) is 4.79 Å². The normalized spacial score (nSPS) is 14.1. The zero-order valence-electron chi connectivity index (χ0n) is 16.3.